The second-order valence-corrected chi connectivity index (χ2v) is 5.64. The Kier molecular flexibility index (Phi) is 3.30. The standard InChI is InChI=1S/C14H24N2/c1-2-5-13(4-1)7-9-15-10-11-16-8-3-6-14(16)12-15/h4,14H,1-3,5-12H2. The van der Waals surface area contributed by atoms with Crippen molar-refractivity contribution in [2.75, 3.05) is 32.7 Å². The molecule has 2 saturated heterocycles. The zero-order valence-electron chi connectivity index (χ0n) is 10.3. The SMILES string of the molecule is C1=C(CCN2CCN3CCCC3C2)CCC1. The molecule has 0 aromatic rings. The fourth-order valence-electron chi connectivity index (χ4n) is 3.52. The van der Waals surface area contributed by atoms with Gasteiger partial charge >= 0.3 is 0 Å². The van der Waals surface area contributed by atoms with Crippen molar-refractivity contribution in [1.82, 2.24) is 9.80 Å². The van der Waals surface area contributed by atoms with Gasteiger partial charge < -0.3 is 4.90 Å². The van der Waals surface area contributed by atoms with E-state index in [1.807, 2.05) is 0 Å². The van der Waals surface area contributed by atoms with Crippen molar-refractivity contribution in [3.63, 3.8) is 0 Å². The van der Waals surface area contributed by atoms with E-state index in [9.17, 15) is 0 Å². The van der Waals surface area contributed by atoms with Gasteiger partial charge in [0.15, 0.2) is 0 Å². The molecule has 2 heterocycles. The summed E-state index contributed by atoms with van der Waals surface area (Å²) in [6.07, 6.45) is 10.8. The summed E-state index contributed by atoms with van der Waals surface area (Å²) in [5, 5.41) is 0. The van der Waals surface area contributed by atoms with Crippen molar-refractivity contribution in [1.29, 1.82) is 0 Å². The Bertz CT molecular complexity index is 272. The number of allylic oxidation sites excluding steroid dienone is 1. The molecule has 3 aliphatic rings. The highest BCUT2D eigenvalue weighted by Crippen LogP contribution is 2.24. The van der Waals surface area contributed by atoms with Crippen molar-refractivity contribution >= 4 is 0 Å². The van der Waals surface area contributed by atoms with E-state index < -0.39 is 0 Å². The fourth-order valence-corrected chi connectivity index (χ4v) is 3.52. The molecule has 0 N–H and O–H groups in total. The lowest BCUT2D eigenvalue weighted by atomic mass is 10.1. The predicted molar refractivity (Wildman–Crippen MR) is 67.6 cm³/mol. The molecule has 0 amide bonds. The summed E-state index contributed by atoms with van der Waals surface area (Å²) >= 11 is 0. The van der Waals surface area contributed by atoms with Crippen molar-refractivity contribution in [3.05, 3.63) is 11.6 Å². The Hall–Kier alpha value is -0.340. The molecule has 0 radical (unpaired) electrons. The fraction of sp³-hybridized carbons (Fsp3) is 0.857. The minimum atomic E-state index is 0.895. The molecule has 1 aliphatic carbocycles. The second-order valence-electron chi connectivity index (χ2n) is 5.64. The summed E-state index contributed by atoms with van der Waals surface area (Å²) < 4.78 is 0. The lowest BCUT2D eigenvalue weighted by molar-refractivity contribution is 0.105. The molecule has 0 bridgehead atoms. The van der Waals surface area contributed by atoms with Crippen molar-refractivity contribution in [3.8, 4) is 0 Å². The Morgan fingerprint density at radius 1 is 1.19 bits per heavy atom. The van der Waals surface area contributed by atoms with Crippen LogP contribution in [0.5, 0.6) is 0 Å². The number of nitrogens with zero attached hydrogens (tertiary/aromatic N) is 2. The van der Waals surface area contributed by atoms with Gasteiger partial charge in [0.1, 0.15) is 0 Å². The van der Waals surface area contributed by atoms with Crippen LogP contribution in [0.25, 0.3) is 0 Å². The van der Waals surface area contributed by atoms with Gasteiger partial charge in [0, 0.05) is 32.2 Å². The summed E-state index contributed by atoms with van der Waals surface area (Å²) in [6.45, 7) is 6.65. The minimum Gasteiger partial charge on any atom is -0.300 e. The van der Waals surface area contributed by atoms with E-state index >= 15 is 0 Å². The molecule has 0 aromatic carbocycles. The summed E-state index contributed by atoms with van der Waals surface area (Å²) in [7, 11) is 0. The van der Waals surface area contributed by atoms with Crippen molar-refractivity contribution in [2.24, 2.45) is 0 Å². The Labute approximate surface area is 99.3 Å². The van der Waals surface area contributed by atoms with Gasteiger partial charge in [0.2, 0.25) is 0 Å². The van der Waals surface area contributed by atoms with Gasteiger partial charge in [-0.05, 0) is 45.1 Å². The van der Waals surface area contributed by atoms with Gasteiger partial charge in [-0.3, -0.25) is 4.90 Å². The lowest BCUT2D eigenvalue weighted by Crippen LogP contribution is -2.50. The maximum Gasteiger partial charge on any atom is 0.0224 e. The van der Waals surface area contributed by atoms with Gasteiger partial charge in [-0.15, -0.1) is 0 Å². The monoisotopic (exact) mass is 220 g/mol. The highest BCUT2D eigenvalue weighted by Gasteiger charge is 2.30. The quantitative estimate of drug-likeness (QED) is 0.673. The van der Waals surface area contributed by atoms with Crippen LogP contribution in [0.2, 0.25) is 0 Å². The maximum atomic E-state index is 2.70. The van der Waals surface area contributed by atoms with Crippen LogP contribution in [0, 0.1) is 0 Å². The molecule has 3 rings (SSSR count). The van der Waals surface area contributed by atoms with Crippen LogP contribution in [0.15, 0.2) is 11.6 Å². The van der Waals surface area contributed by atoms with E-state index in [2.05, 4.69) is 15.9 Å². The number of piperazine rings is 1. The average molecular weight is 220 g/mol. The molecule has 0 saturated carbocycles. The van der Waals surface area contributed by atoms with E-state index in [4.69, 9.17) is 0 Å². The van der Waals surface area contributed by atoms with Gasteiger partial charge in [0.05, 0.1) is 0 Å². The molecule has 1 unspecified atom stereocenters. The number of fused-ring (bicyclic) bond motifs is 1. The summed E-state index contributed by atoms with van der Waals surface area (Å²) in [5.41, 5.74) is 1.73. The van der Waals surface area contributed by atoms with Crippen molar-refractivity contribution in [2.45, 2.75) is 44.6 Å². The third-order valence-corrected chi connectivity index (χ3v) is 4.56. The summed E-state index contributed by atoms with van der Waals surface area (Å²) in [5.74, 6) is 0. The van der Waals surface area contributed by atoms with E-state index in [1.165, 1.54) is 71.2 Å². The zero-order valence-corrected chi connectivity index (χ0v) is 10.3. The Morgan fingerprint density at radius 3 is 3.06 bits per heavy atom. The minimum absolute atomic E-state index is 0.895. The van der Waals surface area contributed by atoms with Gasteiger partial charge in [-0.2, -0.15) is 0 Å². The second kappa shape index (κ2) is 4.89. The first kappa shape index (κ1) is 10.8. The third kappa shape index (κ3) is 2.33. The molecule has 2 nitrogen and oxygen atoms in total. The molecule has 1 atom stereocenters. The third-order valence-electron chi connectivity index (χ3n) is 4.56. The van der Waals surface area contributed by atoms with Crippen LogP contribution in [0.3, 0.4) is 0 Å². The molecular formula is C14H24N2. The molecule has 2 heteroatoms. The smallest absolute Gasteiger partial charge is 0.0224 e. The van der Waals surface area contributed by atoms with Gasteiger partial charge in [-0.25, -0.2) is 0 Å². The summed E-state index contributed by atoms with van der Waals surface area (Å²) in [4.78, 5) is 5.40. The largest absolute Gasteiger partial charge is 0.300 e. The molecule has 90 valence electrons. The number of rotatable bonds is 3. The first-order valence-corrected chi connectivity index (χ1v) is 7.06. The molecule has 2 fully saturated rings. The van der Waals surface area contributed by atoms with Crippen LogP contribution >= 0.6 is 0 Å². The van der Waals surface area contributed by atoms with E-state index in [1.54, 1.807) is 5.57 Å². The predicted octanol–water partition coefficient (Wildman–Crippen LogP) is 2.27. The molecule has 16 heavy (non-hydrogen) atoms. The van der Waals surface area contributed by atoms with Crippen LogP contribution in [0.1, 0.15) is 38.5 Å². The van der Waals surface area contributed by atoms with E-state index in [0.29, 0.717) is 0 Å². The topological polar surface area (TPSA) is 6.48 Å². The molecule has 0 aromatic heterocycles. The van der Waals surface area contributed by atoms with Crippen LogP contribution in [-0.2, 0) is 0 Å². The number of hydrogen-bond donors (Lipinski definition) is 0. The van der Waals surface area contributed by atoms with Crippen LogP contribution in [0.4, 0.5) is 0 Å². The lowest BCUT2D eigenvalue weighted by Gasteiger charge is -2.37. The average Bonchev–Trinajstić information content (AvgIpc) is 2.97. The van der Waals surface area contributed by atoms with Gasteiger partial charge in [0.25, 0.3) is 0 Å². The maximum absolute atomic E-state index is 2.70. The highest BCUT2D eigenvalue weighted by molar-refractivity contribution is 5.07. The Morgan fingerprint density at radius 2 is 2.19 bits per heavy atom. The summed E-state index contributed by atoms with van der Waals surface area (Å²) in [6, 6.07) is 0.895. The Balaban J connectivity index is 1.45. The molecule has 0 spiro atoms. The van der Waals surface area contributed by atoms with Crippen LogP contribution in [-0.4, -0.2) is 48.6 Å². The van der Waals surface area contributed by atoms with E-state index in [0.717, 1.165) is 6.04 Å². The molecular weight excluding hydrogens is 196 g/mol. The molecule has 2 aliphatic heterocycles. The normalized spacial score (nSPS) is 31.8. The first-order chi connectivity index (χ1) is 7.92. The highest BCUT2D eigenvalue weighted by atomic mass is 15.3. The van der Waals surface area contributed by atoms with E-state index in [-0.39, 0.29) is 0 Å². The number of hydrogen-bond acceptors (Lipinski definition) is 2. The zero-order chi connectivity index (χ0) is 10.8. The first-order valence-electron chi connectivity index (χ1n) is 7.06. The van der Waals surface area contributed by atoms with Crippen molar-refractivity contribution < 1.29 is 0 Å². The van der Waals surface area contributed by atoms with Crippen LogP contribution < -0.4 is 0 Å². The van der Waals surface area contributed by atoms with Gasteiger partial charge in [-0.1, -0.05) is 11.6 Å².